The number of esters is 1. The predicted molar refractivity (Wildman–Crippen MR) is 107 cm³/mol. The number of nitrogens with zero attached hydrogens (tertiary/aromatic N) is 1. The van der Waals surface area contributed by atoms with Crippen LogP contribution in [0.1, 0.15) is 41.5 Å². The van der Waals surface area contributed by atoms with E-state index in [1.165, 1.54) is 24.3 Å². The van der Waals surface area contributed by atoms with Gasteiger partial charge >= 0.3 is 5.97 Å². The van der Waals surface area contributed by atoms with Crippen molar-refractivity contribution >= 4 is 40.6 Å². The summed E-state index contributed by atoms with van der Waals surface area (Å²) >= 11 is 5.71. The van der Waals surface area contributed by atoms with E-state index in [9.17, 15) is 24.5 Å². The Bertz CT molecular complexity index is 964. The number of hydrogen-bond donors (Lipinski definition) is 1. The summed E-state index contributed by atoms with van der Waals surface area (Å²) in [5.74, 6) is -1.67. The van der Waals surface area contributed by atoms with Crippen molar-refractivity contribution in [1.82, 2.24) is 0 Å². The Hall–Kier alpha value is -3.26. The minimum Gasteiger partial charge on any atom is -0.454 e. The van der Waals surface area contributed by atoms with Crippen LogP contribution in [0.15, 0.2) is 42.5 Å². The second kappa shape index (κ2) is 8.83. The van der Waals surface area contributed by atoms with E-state index in [1.807, 2.05) is 0 Å². The Morgan fingerprint density at radius 2 is 1.72 bits per heavy atom. The van der Waals surface area contributed by atoms with Crippen LogP contribution in [0.3, 0.4) is 0 Å². The third kappa shape index (κ3) is 5.86. The molecule has 2 aromatic carbocycles. The Kier molecular flexibility index (Phi) is 6.71. The van der Waals surface area contributed by atoms with Gasteiger partial charge in [-0.2, -0.15) is 0 Å². The molecule has 1 N–H and O–H groups in total. The predicted octanol–water partition coefficient (Wildman–Crippen LogP) is 4.27. The van der Waals surface area contributed by atoms with Gasteiger partial charge in [-0.05, 0) is 36.4 Å². The maximum atomic E-state index is 12.2. The number of carbonyl (C=O) groups is 3. The molecule has 0 aliphatic heterocycles. The van der Waals surface area contributed by atoms with E-state index in [4.69, 9.17) is 16.3 Å². The number of nitro benzene ring substituents is 1. The topological polar surface area (TPSA) is 116 Å². The van der Waals surface area contributed by atoms with Crippen LogP contribution in [-0.4, -0.2) is 29.2 Å². The number of Topliss-reactive ketones (excluding diaryl/α,β-unsaturated/α-hetero) is 1. The SMILES string of the molecule is CC(C)(C)C(=O)Nc1ccc(C(=O)COC(=O)c2ccc(Cl)cc2[N+](=O)[O-])cc1. The lowest BCUT2D eigenvalue weighted by Crippen LogP contribution is -2.27. The summed E-state index contributed by atoms with van der Waals surface area (Å²) in [6.45, 7) is 4.74. The number of nitro groups is 1. The van der Waals surface area contributed by atoms with Crippen LogP contribution in [-0.2, 0) is 9.53 Å². The molecule has 0 radical (unpaired) electrons. The molecule has 29 heavy (non-hydrogen) atoms. The van der Waals surface area contributed by atoms with Gasteiger partial charge in [0.2, 0.25) is 5.91 Å². The van der Waals surface area contributed by atoms with E-state index in [0.29, 0.717) is 5.69 Å². The van der Waals surface area contributed by atoms with E-state index in [1.54, 1.807) is 32.9 Å². The van der Waals surface area contributed by atoms with Gasteiger partial charge < -0.3 is 10.1 Å². The molecular weight excluding hydrogens is 400 g/mol. The molecule has 1 amide bonds. The van der Waals surface area contributed by atoms with Gasteiger partial charge in [0.15, 0.2) is 12.4 Å². The highest BCUT2D eigenvalue weighted by atomic mass is 35.5. The largest absolute Gasteiger partial charge is 0.454 e. The average Bonchev–Trinajstić information content (AvgIpc) is 2.65. The minimum atomic E-state index is -1.00. The second-order valence-corrected chi connectivity index (χ2v) is 7.64. The van der Waals surface area contributed by atoms with Crippen LogP contribution in [0.2, 0.25) is 5.02 Å². The Morgan fingerprint density at radius 1 is 1.10 bits per heavy atom. The number of rotatable bonds is 6. The fourth-order valence-electron chi connectivity index (χ4n) is 2.18. The molecule has 0 aliphatic rings. The van der Waals surface area contributed by atoms with Crippen molar-refractivity contribution in [3.8, 4) is 0 Å². The molecular formula is C20H19ClN2O6. The quantitative estimate of drug-likeness (QED) is 0.324. The van der Waals surface area contributed by atoms with Crippen LogP contribution in [0, 0.1) is 15.5 Å². The van der Waals surface area contributed by atoms with Gasteiger partial charge in [-0.1, -0.05) is 32.4 Å². The van der Waals surface area contributed by atoms with Crippen molar-refractivity contribution in [1.29, 1.82) is 0 Å². The number of ether oxygens (including phenoxy) is 1. The lowest BCUT2D eigenvalue weighted by molar-refractivity contribution is -0.385. The molecule has 2 aromatic rings. The van der Waals surface area contributed by atoms with E-state index in [0.717, 1.165) is 6.07 Å². The van der Waals surface area contributed by atoms with Gasteiger partial charge in [-0.15, -0.1) is 0 Å². The smallest absolute Gasteiger partial charge is 0.345 e. The van der Waals surface area contributed by atoms with Crippen molar-refractivity contribution in [2.45, 2.75) is 20.8 Å². The molecule has 0 unspecified atom stereocenters. The Morgan fingerprint density at radius 3 is 2.28 bits per heavy atom. The van der Waals surface area contributed by atoms with E-state index in [-0.39, 0.29) is 22.1 Å². The molecule has 8 nitrogen and oxygen atoms in total. The Balaban J connectivity index is 2.02. The van der Waals surface area contributed by atoms with Crippen molar-refractivity contribution in [3.05, 3.63) is 68.7 Å². The molecule has 0 spiro atoms. The summed E-state index contributed by atoms with van der Waals surface area (Å²) < 4.78 is 4.91. The zero-order valence-corrected chi connectivity index (χ0v) is 16.8. The van der Waals surface area contributed by atoms with Gasteiger partial charge in [0.1, 0.15) is 5.56 Å². The molecule has 0 bridgehead atoms. The normalized spacial score (nSPS) is 10.9. The molecule has 0 aliphatic carbocycles. The van der Waals surface area contributed by atoms with Crippen LogP contribution in [0.5, 0.6) is 0 Å². The molecule has 0 fully saturated rings. The molecule has 2 rings (SSSR count). The maximum Gasteiger partial charge on any atom is 0.345 e. The molecule has 0 heterocycles. The number of ketones is 1. The fourth-order valence-corrected chi connectivity index (χ4v) is 2.35. The number of amides is 1. The molecule has 0 saturated carbocycles. The highest BCUT2D eigenvalue weighted by Gasteiger charge is 2.23. The third-order valence-electron chi connectivity index (χ3n) is 3.86. The molecule has 0 aromatic heterocycles. The zero-order valence-electron chi connectivity index (χ0n) is 16.0. The van der Waals surface area contributed by atoms with Crippen LogP contribution < -0.4 is 5.32 Å². The van der Waals surface area contributed by atoms with Crippen molar-refractivity contribution < 1.29 is 24.0 Å². The molecule has 0 atom stereocenters. The summed E-state index contributed by atoms with van der Waals surface area (Å²) in [5, 5.41) is 13.9. The van der Waals surface area contributed by atoms with Crippen LogP contribution in [0.25, 0.3) is 0 Å². The highest BCUT2D eigenvalue weighted by Crippen LogP contribution is 2.24. The van der Waals surface area contributed by atoms with Gasteiger partial charge in [-0.25, -0.2) is 4.79 Å². The van der Waals surface area contributed by atoms with Crippen molar-refractivity contribution in [3.63, 3.8) is 0 Å². The van der Waals surface area contributed by atoms with Gasteiger partial charge in [0.25, 0.3) is 5.69 Å². The Labute approximate surface area is 172 Å². The number of anilines is 1. The number of benzene rings is 2. The summed E-state index contributed by atoms with van der Waals surface area (Å²) in [6, 6.07) is 9.60. The van der Waals surface area contributed by atoms with E-state index >= 15 is 0 Å². The first-order chi connectivity index (χ1) is 13.5. The molecule has 152 valence electrons. The third-order valence-corrected chi connectivity index (χ3v) is 4.09. The van der Waals surface area contributed by atoms with Crippen LogP contribution >= 0.6 is 11.6 Å². The van der Waals surface area contributed by atoms with E-state index < -0.39 is 34.4 Å². The number of hydrogen-bond acceptors (Lipinski definition) is 6. The lowest BCUT2D eigenvalue weighted by Gasteiger charge is -2.17. The standard InChI is InChI=1S/C20H19ClN2O6/c1-20(2,3)19(26)22-14-7-4-12(5-8-14)17(24)11-29-18(25)15-9-6-13(21)10-16(15)23(27)28/h4-10H,11H2,1-3H3,(H,22,26). The maximum absolute atomic E-state index is 12.2. The minimum absolute atomic E-state index is 0.1000. The summed E-state index contributed by atoms with van der Waals surface area (Å²) in [7, 11) is 0. The number of nitrogens with one attached hydrogen (secondary N) is 1. The second-order valence-electron chi connectivity index (χ2n) is 7.20. The van der Waals surface area contributed by atoms with Crippen molar-refractivity contribution in [2.75, 3.05) is 11.9 Å². The van der Waals surface area contributed by atoms with Gasteiger partial charge in [-0.3, -0.25) is 19.7 Å². The van der Waals surface area contributed by atoms with Gasteiger partial charge in [0, 0.05) is 27.8 Å². The summed E-state index contributed by atoms with van der Waals surface area (Å²) in [4.78, 5) is 46.6. The fraction of sp³-hybridized carbons (Fsp3) is 0.250. The first-order valence-corrected chi connectivity index (χ1v) is 8.92. The highest BCUT2D eigenvalue weighted by molar-refractivity contribution is 6.31. The van der Waals surface area contributed by atoms with E-state index in [2.05, 4.69) is 5.32 Å². The number of carbonyl (C=O) groups excluding carboxylic acids is 3. The molecule has 9 heteroatoms. The number of halogens is 1. The first-order valence-electron chi connectivity index (χ1n) is 8.55. The first kappa shape index (κ1) is 22.0. The zero-order chi connectivity index (χ0) is 21.8. The van der Waals surface area contributed by atoms with Gasteiger partial charge in [0.05, 0.1) is 4.92 Å². The van der Waals surface area contributed by atoms with Crippen LogP contribution in [0.4, 0.5) is 11.4 Å². The lowest BCUT2D eigenvalue weighted by atomic mass is 9.95. The average molecular weight is 419 g/mol. The molecule has 0 saturated heterocycles. The summed E-state index contributed by atoms with van der Waals surface area (Å²) in [6.07, 6.45) is 0. The summed E-state index contributed by atoms with van der Waals surface area (Å²) in [5.41, 5.74) is -0.582. The van der Waals surface area contributed by atoms with Crippen molar-refractivity contribution in [2.24, 2.45) is 5.41 Å². The monoisotopic (exact) mass is 418 g/mol.